The van der Waals surface area contributed by atoms with Gasteiger partial charge in [-0.05, 0) is 30.7 Å². The Bertz CT molecular complexity index is 695. The molecule has 0 bridgehead atoms. The zero-order chi connectivity index (χ0) is 15.6. The predicted molar refractivity (Wildman–Crippen MR) is 81.6 cm³/mol. The molecule has 1 unspecified atom stereocenters. The Balaban J connectivity index is 2.19. The van der Waals surface area contributed by atoms with Gasteiger partial charge in [-0.25, -0.2) is 0 Å². The Morgan fingerprint density at radius 2 is 1.90 bits per heavy atom. The standard InChI is InChI=1S/C14H11Cl2FN2O2/c1-8(9-2-4-11(15)12(16)6-9)18-10-3-5-14(19(20)21)13(17)7-10/h2-8,18H,1H3. The summed E-state index contributed by atoms with van der Waals surface area (Å²) in [6.07, 6.45) is 0. The van der Waals surface area contributed by atoms with Crippen molar-refractivity contribution in [1.82, 2.24) is 0 Å². The molecule has 0 radical (unpaired) electrons. The maximum atomic E-state index is 13.6. The molecule has 21 heavy (non-hydrogen) atoms. The topological polar surface area (TPSA) is 55.2 Å². The normalized spacial score (nSPS) is 12.0. The van der Waals surface area contributed by atoms with E-state index in [1.807, 2.05) is 6.92 Å². The number of nitro groups is 1. The first-order chi connectivity index (χ1) is 9.88. The minimum Gasteiger partial charge on any atom is -0.378 e. The molecule has 0 aliphatic carbocycles. The molecule has 110 valence electrons. The highest BCUT2D eigenvalue weighted by molar-refractivity contribution is 6.42. The third-order valence-electron chi connectivity index (χ3n) is 2.97. The molecule has 2 aromatic carbocycles. The van der Waals surface area contributed by atoms with E-state index in [1.54, 1.807) is 18.2 Å². The lowest BCUT2D eigenvalue weighted by molar-refractivity contribution is -0.387. The summed E-state index contributed by atoms with van der Waals surface area (Å²) >= 11 is 11.8. The van der Waals surface area contributed by atoms with Gasteiger partial charge in [-0.15, -0.1) is 0 Å². The summed E-state index contributed by atoms with van der Waals surface area (Å²) in [5, 5.41) is 14.5. The van der Waals surface area contributed by atoms with Crippen LogP contribution in [0.1, 0.15) is 18.5 Å². The minimum absolute atomic E-state index is 0.166. The lowest BCUT2D eigenvalue weighted by Gasteiger charge is -2.16. The molecule has 2 rings (SSSR count). The number of rotatable bonds is 4. The van der Waals surface area contributed by atoms with Crippen molar-refractivity contribution in [2.24, 2.45) is 0 Å². The van der Waals surface area contributed by atoms with Crippen molar-refractivity contribution in [3.05, 3.63) is 67.9 Å². The fraction of sp³-hybridized carbons (Fsp3) is 0.143. The Morgan fingerprint density at radius 1 is 1.19 bits per heavy atom. The van der Waals surface area contributed by atoms with Crippen LogP contribution in [0.3, 0.4) is 0 Å². The number of nitro benzene ring substituents is 1. The number of benzene rings is 2. The molecular formula is C14H11Cl2FN2O2. The third kappa shape index (κ3) is 3.62. The highest BCUT2D eigenvalue weighted by atomic mass is 35.5. The average Bonchev–Trinajstić information content (AvgIpc) is 2.41. The van der Waals surface area contributed by atoms with Gasteiger partial charge in [0.15, 0.2) is 0 Å². The predicted octanol–water partition coefficient (Wildman–Crippen LogP) is 5.21. The summed E-state index contributed by atoms with van der Waals surface area (Å²) in [5.74, 6) is -0.883. The second kappa shape index (κ2) is 6.28. The molecule has 0 heterocycles. The van der Waals surface area contributed by atoms with Crippen LogP contribution in [0.15, 0.2) is 36.4 Å². The molecule has 2 aromatic rings. The van der Waals surface area contributed by atoms with Gasteiger partial charge >= 0.3 is 5.69 Å². The molecule has 4 nitrogen and oxygen atoms in total. The van der Waals surface area contributed by atoms with E-state index in [2.05, 4.69) is 5.32 Å². The summed E-state index contributed by atoms with van der Waals surface area (Å²) in [4.78, 5) is 9.80. The minimum atomic E-state index is -0.883. The summed E-state index contributed by atoms with van der Waals surface area (Å²) in [7, 11) is 0. The Hall–Kier alpha value is -1.85. The molecule has 1 atom stereocenters. The van der Waals surface area contributed by atoms with E-state index in [-0.39, 0.29) is 6.04 Å². The monoisotopic (exact) mass is 328 g/mol. The van der Waals surface area contributed by atoms with Crippen molar-refractivity contribution in [1.29, 1.82) is 0 Å². The molecular weight excluding hydrogens is 318 g/mol. The van der Waals surface area contributed by atoms with Gasteiger partial charge in [0.1, 0.15) is 0 Å². The molecule has 0 saturated heterocycles. The molecule has 0 amide bonds. The fourth-order valence-electron chi connectivity index (χ4n) is 1.86. The number of nitrogens with one attached hydrogen (secondary N) is 1. The molecule has 0 aromatic heterocycles. The van der Waals surface area contributed by atoms with E-state index in [1.165, 1.54) is 6.07 Å². The average molecular weight is 329 g/mol. The molecule has 0 spiro atoms. The molecule has 7 heteroatoms. The number of halogens is 3. The second-order valence-corrected chi connectivity index (χ2v) is 5.28. The maximum Gasteiger partial charge on any atom is 0.304 e. The summed E-state index contributed by atoms with van der Waals surface area (Å²) < 4.78 is 13.6. The van der Waals surface area contributed by atoms with Crippen LogP contribution in [-0.2, 0) is 0 Å². The molecule has 0 aliphatic rings. The maximum absolute atomic E-state index is 13.6. The van der Waals surface area contributed by atoms with Crippen LogP contribution in [0.25, 0.3) is 0 Å². The van der Waals surface area contributed by atoms with E-state index >= 15 is 0 Å². The van der Waals surface area contributed by atoms with Crippen LogP contribution in [0.2, 0.25) is 10.0 Å². The van der Waals surface area contributed by atoms with Gasteiger partial charge in [0.25, 0.3) is 0 Å². The first-order valence-corrected chi connectivity index (χ1v) is 6.79. The summed E-state index contributed by atoms with van der Waals surface area (Å²) in [6, 6.07) is 8.69. The van der Waals surface area contributed by atoms with E-state index in [4.69, 9.17) is 23.2 Å². The highest BCUT2D eigenvalue weighted by Crippen LogP contribution is 2.28. The van der Waals surface area contributed by atoms with Crippen molar-refractivity contribution >= 4 is 34.6 Å². The van der Waals surface area contributed by atoms with Gasteiger partial charge in [0, 0.05) is 23.9 Å². The largest absolute Gasteiger partial charge is 0.378 e. The molecule has 0 aliphatic heterocycles. The van der Waals surface area contributed by atoms with Gasteiger partial charge in [-0.3, -0.25) is 10.1 Å². The van der Waals surface area contributed by atoms with E-state index < -0.39 is 16.4 Å². The van der Waals surface area contributed by atoms with Crippen LogP contribution in [0.5, 0.6) is 0 Å². The number of hydrogen-bond donors (Lipinski definition) is 1. The van der Waals surface area contributed by atoms with Crippen LogP contribution in [0.4, 0.5) is 15.8 Å². The first-order valence-electron chi connectivity index (χ1n) is 6.04. The van der Waals surface area contributed by atoms with Crippen LogP contribution >= 0.6 is 23.2 Å². The lowest BCUT2D eigenvalue weighted by atomic mass is 10.1. The Labute approximate surface area is 130 Å². The number of hydrogen-bond acceptors (Lipinski definition) is 3. The third-order valence-corrected chi connectivity index (χ3v) is 3.71. The van der Waals surface area contributed by atoms with Gasteiger partial charge in [0.05, 0.1) is 15.0 Å². The van der Waals surface area contributed by atoms with Crippen molar-refractivity contribution in [3.63, 3.8) is 0 Å². The highest BCUT2D eigenvalue weighted by Gasteiger charge is 2.15. The zero-order valence-electron chi connectivity index (χ0n) is 10.9. The van der Waals surface area contributed by atoms with Gasteiger partial charge < -0.3 is 5.32 Å². The SMILES string of the molecule is CC(Nc1ccc([N+](=O)[O-])c(F)c1)c1ccc(Cl)c(Cl)c1. The van der Waals surface area contributed by atoms with Crippen LogP contribution < -0.4 is 5.32 Å². The summed E-state index contributed by atoms with van der Waals surface area (Å²) in [6.45, 7) is 1.86. The molecule has 0 saturated carbocycles. The van der Waals surface area contributed by atoms with Crippen molar-refractivity contribution in [2.45, 2.75) is 13.0 Å². The molecule has 1 N–H and O–H groups in total. The van der Waals surface area contributed by atoms with Crippen LogP contribution in [0, 0.1) is 15.9 Å². The molecule has 0 fully saturated rings. The summed E-state index contributed by atoms with van der Waals surface area (Å²) in [5.41, 5.74) is 0.752. The second-order valence-electron chi connectivity index (χ2n) is 4.46. The van der Waals surface area contributed by atoms with Gasteiger partial charge in [0.2, 0.25) is 5.82 Å². The number of nitrogens with zero attached hydrogens (tertiary/aromatic N) is 1. The van der Waals surface area contributed by atoms with E-state index in [0.717, 1.165) is 17.7 Å². The fourth-order valence-corrected chi connectivity index (χ4v) is 2.17. The lowest BCUT2D eigenvalue weighted by Crippen LogP contribution is -2.07. The zero-order valence-corrected chi connectivity index (χ0v) is 12.5. The van der Waals surface area contributed by atoms with Crippen molar-refractivity contribution < 1.29 is 9.31 Å². The van der Waals surface area contributed by atoms with Gasteiger partial charge in [-0.2, -0.15) is 4.39 Å². The van der Waals surface area contributed by atoms with E-state index in [0.29, 0.717) is 15.7 Å². The quantitative estimate of drug-likeness (QED) is 0.618. The smallest absolute Gasteiger partial charge is 0.304 e. The number of anilines is 1. The Morgan fingerprint density at radius 3 is 2.48 bits per heavy atom. The Kier molecular flexibility index (Phi) is 4.65. The van der Waals surface area contributed by atoms with Crippen molar-refractivity contribution in [2.75, 3.05) is 5.32 Å². The van der Waals surface area contributed by atoms with Gasteiger partial charge in [-0.1, -0.05) is 29.3 Å². The van der Waals surface area contributed by atoms with E-state index in [9.17, 15) is 14.5 Å². The first kappa shape index (κ1) is 15.5. The van der Waals surface area contributed by atoms with Crippen molar-refractivity contribution in [3.8, 4) is 0 Å². The van der Waals surface area contributed by atoms with Crippen LogP contribution in [-0.4, -0.2) is 4.92 Å².